The second-order valence-electron chi connectivity index (χ2n) is 8.47. The van der Waals surface area contributed by atoms with Crippen LogP contribution in [0.15, 0.2) is 6.07 Å². The van der Waals surface area contributed by atoms with Gasteiger partial charge in [-0.05, 0) is 75.6 Å². The van der Waals surface area contributed by atoms with E-state index in [1.165, 1.54) is 11.1 Å². The zero-order valence-corrected chi connectivity index (χ0v) is 17.6. The van der Waals surface area contributed by atoms with Crippen molar-refractivity contribution in [3.8, 4) is 0 Å². The van der Waals surface area contributed by atoms with Crippen molar-refractivity contribution in [2.45, 2.75) is 78.1 Å². The Labute approximate surface area is 167 Å². The molecule has 0 spiro atoms. The number of nitrogens with zero attached hydrogens (tertiary/aromatic N) is 1. The van der Waals surface area contributed by atoms with Crippen LogP contribution < -0.4 is 10.2 Å². The van der Waals surface area contributed by atoms with Crippen molar-refractivity contribution < 1.29 is 19.1 Å². The number of nitrogens with one attached hydrogen (secondary N) is 1. The molecule has 0 saturated carbocycles. The molecule has 2 heterocycles. The van der Waals surface area contributed by atoms with Crippen molar-refractivity contribution in [1.29, 1.82) is 0 Å². The molecule has 3 rings (SSSR count). The van der Waals surface area contributed by atoms with E-state index >= 15 is 0 Å². The van der Waals surface area contributed by atoms with E-state index in [0.717, 1.165) is 36.2 Å². The first-order valence-corrected chi connectivity index (χ1v) is 10.2. The number of anilines is 2. The summed E-state index contributed by atoms with van der Waals surface area (Å²) in [5.74, 6) is -0.0672. The van der Waals surface area contributed by atoms with E-state index in [1.54, 1.807) is 0 Å². The predicted octanol–water partition coefficient (Wildman–Crippen LogP) is 4.03. The van der Waals surface area contributed by atoms with Gasteiger partial charge in [0, 0.05) is 13.0 Å². The molecule has 6 nitrogen and oxygen atoms in total. The Bertz CT molecular complexity index is 759. The Morgan fingerprint density at radius 3 is 2.79 bits per heavy atom. The maximum atomic E-state index is 13.1. The van der Waals surface area contributed by atoms with Crippen LogP contribution in [0.3, 0.4) is 0 Å². The molecule has 0 aliphatic carbocycles. The highest BCUT2D eigenvalue weighted by Crippen LogP contribution is 2.43. The molecule has 28 heavy (non-hydrogen) atoms. The third kappa shape index (κ3) is 4.23. The number of fused-ring (bicyclic) bond motifs is 1. The Kier molecular flexibility index (Phi) is 6.10. The first kappa shape index (κ1) is 20.8. The van der Waals surface area contributed by atoms with Crippen LogP contribution in [0, 0.1) is 13.8 Å². The predicted molar refractivity (Wildman–Crippen MR) is 110 cm³/mol. The summed E-state index contributed by atoms with van der Waals surface area (Å²) in [5, 5.41) is 2.81. The second-order valence-corrected chi connectivity index (χ2v) is 8.47. The van der Waals surface area contributed by atoms with Gasteiger partial charge in [-0.1, -0.05) is 6.92 Å². The summed E-state index contributed by atoms with van der Waals surface area (Å²) >= 11 is 0. The summed E-state index contributed by atoms with van der Waals surface area (Å²) in [7, 11) is 0. The Morgan fingerprint density at radius 1 is 1.39 bits per heavy atom. The Hall–Kier alpha value is -1.92. The van der Waals surface area contributed by atoms with Crippen LogP contribution in [0.25, 0.3) is 0 Å². The minimum absolute atomic E-state index is 0.0497. The number of rotatable bonds is 6. The molecular weight excluding hydrogens is 356 g/mol. The van der Waals surface area contributed by atoms with Crippen molar-refractivity contribution in [2.24, 2.45) is 0 Å². The van der Waals surface area contributed by atoms with Crippen LogP contribution in [-0.4, -0.2) is 37.4 Å². The van der Waals surface area contributed by atoms with E-state index in [4.69, 9.17) is 9.47 Å². The number of carbonyl (C=O) groups is 2. The third-order valence-electron chi connectivity index (χ3n) is 5.91. The average molecular weight is 389 g/mol. The topological polar surface area (TPSA) is 67.9 Å². The molecule has 1 N–H and O–H groups in total. The average Bonchev–Trinajstić information content (AvgIpc) is 2.98. The van der Waals surface area contributed by atoms with Crippen LogP contribution in [0.4, 0.5) is 11.4 Å². The maximum absolute atomic E-state index is 13.1. The van der Waals surface area contributed by atoms with Crippen molar-refractivity contribution in [3.63, 3.8) is 0 Å². The van der Waals surface area contributed by atoms with Gasteiger partial charge in [0.05, 0.1) is 24.1 Å². The highest BCUT2D eigenvalue weighted by atomic mass is 16.7. The fourth-order valence-electron chi connectivity index (χ4n) is 4.35. The SMILES string of the molecule is Cc1cc(NC=O)c2c(c1C)C(C)CCN2C(=O)CCCC1COC(C)(C)O1. The minimum Gasteiger partial charge on any atom is -0.348 e. The summed E-state index contributed by atoms with van der Waals surface area (Å²) in [5.41, 5.74) is 5.11. The lowest BCUT2D eigenvalue weighted by molar-refractivity contribution is -0.139. The summed E-state index contributed by atoms with van der Waals surface area (Å²) < 4.78 is 11.4. The van der Waals surface area contributed by atoms with E-state index in [1.807, 2.05) is 31.7 Å². The van der Waals surface area contributed by atoms with Gasteiger partial charge in [-0.2, -0.15) is 0 Å². The molecule has 6 heteroatoms. The van der Waals surface area contributed by atoms with Gasteiger partial charge in [0.1, 0.15) is 0 Å². The number of carbonyl (C=O) groups excluding carboxylic acids is 2. The molecule has 2 aliphatic heterocycles. The highest BCUT2D eigenvalue weighted by Gasteiger charge is 2.33. The van der Waals surface area contributed by atoms with E-state index < -0.39 is 5.79 Å². The largest absolute Gasteiger partial charge is 0.348 e. The Balaban J connectivity index is 1.75. The molecule has 1 aromatic rings. The second kappa shape index (κ2) is 8.21. The summed E-state index contributed by atoms with van der Waals surface area (Å²) in [6.45, 7) is 11.4. The summed E-state index contributed by atoms with van der Waals surface area (Å²) in [6, 6.07) is 1.96. The minimum atomic E-state index is -0.526. The molecule has 2 unspecified atom stereocenters. The monoisotopic (exact) mass is 388 g/mol. The lowest BCUT2D eigenvalue weighted by Gasteiger charge is -2.36. The molecule has 0 aromatic heterocycles. The Morgan fingerprint density at radius 2 is 2.14 bits per heavy atom. The lowest BCUT2D eigenvalue weighted by Crippen LogP contribution is -2.37. The number of hydrogen-bond acceptors (Lipinski definition) is 4. The lowest BCUT2D eigenvalue weighted by atomic mass is 9.85. The molecule has 1 fully saturated rings. The summed E-state index contributed by atoms with van der Waals surface area (Å²) in [4.78, 5) is 26.1. The number of ether oxygens (including phenoxy) is 2. The molecule has 154 valence electrons. The number of aryl methyl sites for hydroxylation is 1. The van der Waals surface area contributed by atoms with Gasteiger partial charge in [0.25, 0.3) is 0 Å². The molecule has 2 amide bonds. The van der Waals surface area contributed by atoms with Crippen molar-refractivity contribution in [3.05, 3.63) is 22.8 Å². The highest BCUT2D eigenvalue weighted by molar-refractivity contribution is 6.00. The van der Waals surface area contributed by atoms with Crippen LogP contribution in [-0.2, 0) is 19.1 Å². The maximum Gasteiger partial charge on any atom is 0.227 e. The van der Waals surface area contributed by atoms with Crippen molar-refractivity contribution in [2.75, 3.05) is 23.4 Å². The number of benzene rings is 1. The van der Waals surface area contributed by atoms with Gasteiger partial charge in [0.15, 0.2) is 5.79 Å². The van der Waals surface area contributed by atoms with Gasteiger partial charge in [-0.25, -0.2) is 0 Å². The van der Waals surface area contributed by atoms with Gasteiger partial charge < -0.3 is 19.7 Å². The molecule has 2 aliphatic rings. The summed E-state index contributed by atoms with van der Waals surface area (Å²) in [6.07, 6.45) is 3.68. The number of amides is 2. The smallest absolute Gasteiger partial charge is 0.227 e. The molecule has 2 atom stereocenters. The first-order valence-electron chi connectivity index (χ1n) is 10.2. The zero-order chi connectivity index (χ0) is 20.5. The third-order valence-corrected chi connectivity index (χ3v) is 5.91. The molecule has 1 saturated heterocycles. The standard InChI is InChI=1S/C22H32N2O4/c1-14-9-10-24(19(26)8-6-7-17-12-27-22(4,5)28-17)21-18(23-13-25)11-15(2)16(3)20(14)21/h11,13-14,17H,6-10,12H2,1-5H3,(H,23,25). The molecular formula is C22H32N2O4. The molecule has 0 bridgehead atoms. The van der Waals surface area contributed by atoms with Gasteiger partial charge in [-0.3, -0.25) is 9.59 Å². The van der Waals surface area contributed by atoms with Crippen molar-refractivity contribution >= 4 is 23.7 Å². The van der Waals surface area contributed by atoms with Crippen LogP contribution in [0.2, 0.25) is 0 Å². The fraction of sp³-hybridized carbons (Fsp3) is 0.636. The van der Waals surface area contributed by atoms with E-state index in [2.05, 4.69) is 19.2 Å². The van der Waals surface area contributed by atoms with Crippen LogP contribution >= 0.6 is 0 Å². The van der Waals surface area contributed by atoms with E-state index in [-0.39, 0.29) is 12.0 Å². The molecule has 0 radical (unpaired) electrons. The quantitative estimate of drug-likeness (QED) is 0.747. The normalized spacial score (nSPS) is 23.4. The van der Waals surface area contributed by atoms with Crippen LogP contribution in [0.1, 0.15) is 69.1 Å². The van der Waals surface area contributed by atoms with Gasteiger partial charge in [0.2, 0.25) is 12.3 Å². The fourth-order valence-corrected chi connectivity index (χ4v) is 4.35. The van der Waals surface area contributed by atoms with Crippen molar-refractivity contribution in [1.82, 2.24) is 0 Å². The van der Waals surface area contributed by atoms with Gasteiger partial charge >= 0.3 is 0 Å². The van der Waals surface area contributed by atoms with Crippen LogP contribution in [0.5, 0.6) is 0 Å². The first-order chi connectivity index (χ1) is 13.2. The zero-order valence-electron chi connectivity index (χ0n) is 17.6. The van der Waals surface area contributed by atoms with E-state index in [0.29, 0.717) is 31.9 Å². The molecule has 1 aromatic carbocycles. The van der Waals surface area contributed by atoms with Gasteiger partial charge in [-0.15, -0.1) is 0 Å². The van der Waals surface area contributed by atoms with E-state index in [9.17, 15) is 9.59 Å². The number of hydrogen-bond donors (Lipinski definition) is 1.